The third kappa shape index (κ3) is 2.57. The Labute approximate surface area is 133 Å². The van der Waals surface area contributed by atoms with Gasteiger partial charge in [-0.3, -0.25) is 14.7 Å². The maximum atomic E-state index is 12.6. The highest BCUT2D eigenvalue weighted by Crippen LogP contribution is 2.28. The molecule has 3 aliphatic rings. The molecule has 2 aromatic rings. The third-order valence-corrected chi connectivity index (χ3v) is 4.91. The van der Waals surface area contributed by atoms with E-state index in [1.165, 1.54) is 0 Å². The number of nitrogens with one attached hydrogen (secondary N) is 2. The van der Waals surface area contributed by atoms with E-state index >= 15 is 0 Å². The lowest BCUT2D eigenvalue weighted by atomic mass is 9.84. The Morgan fingerprint density at radius 1 is 1.39 bits per heavy atom. The molecule has 7 heteroatoms. The van der Waals surface area contributed by atoms with Crippen LogP contribution in [-0.2, 0) is 4.79 Å². The number of fused-ring (bicyclic) bond motifs is 4. The Hall–Kier alpha value is -2.41. The molecule has 0 unspecified atom stereocenters. The second-order valence-corrected chi connectivity index (χ2v) is 6.21. The number of aromatic nitrogens is 2. The lowest BCUT2D eigenvalue weighted by Crippen LogP contribution is -2.57. The minimum absolute atomic E-state index is 0.182. The summed E-state index contributed by atoms with van der Waals surface area (Å²) in [5.41, 5.74) is 1.08. The molecule has 5 rings (SSSR count). The molecule has 1 atom stereocenters. The monoisotopic (exact) mass is 314 g/mol. The first-order valence-electron chi connectivity index (χ1n) is 7.86. The number of ether oxygens (including phenoxy) is 1. The van der Waals surface area contributed by atoms with Crippen molar-refractivity contribution in [3.05, 3.63) is 23.9 Å². The molecular weight excluding hydrogens is 296 g/mol. The van der Waals surface area contributed by atoms with Crippen molar-refractivity contribution < 1.29 is 14.3 Å². The SMILES string of the molecule is O=COc1ccc2[nH]nc(C(=O)N[C@H]3CN4CCC3CC4)c2c1. The van der Waals surface area contributed by atoms with Crippen LogP contribution in [0.4, 0.5) is 0 Å². The maximum Gasteiger partial charge on any atom is 0.298 e. The van der Waals surface area contributed by atoms with Crippen molar-refractivity contribution in [3.8, 4) is 5.75 Å². The van der Waals surface area contributed by atoms with E-state index < -0.39 is 0 Å². The first kappa shape index (κ1) is 14.2. The van der Waals surface area contributed by atoms with Crippen LogP contribution in [0.3, 0.4) is 0 Å². The molecule has 3 fully saturated rings. The van der Waals surface area contributed by atoms with Crippen LogP contribution in [0.25, 0.3) is 10.9 Å². The van der Waals surface area contributed by atoms with Crippen LogP contribution in [-0.4, -0.2) is 53.2 Å². The summed E-state index contributed by atoms with van der Waals surface area (Å²) in [6.45, 7) is 3.55. The minimum atomic E-state index is -0.182. The smallest absolute Gasteiger partial charge is 0.298 e. The highest BCUT2D eigenvalue weighted by Gasteiger charge is 2.35. The quantitative estimate of drug-likeness (QED) is 0.820. The van der Waals surface area contributed by atoms with E-state index in [1.807, 2.05) is 0 Å². The van der Waals surface area contributed by atoms with Crippen LogP contribution in [0.15, 0.2) is 18.2 Å². The van der Waals surface area contributed by atoms with Crippen molar-refractivity contribution in [1.82, 2.24) is 20.4 Å². The molecule has 7 nitrogen and oxygen atoms in total. The predicted molar refractivity (Wildman–Crippen MR) is 83.2 cm³/mol. The number of benzene rings is 1. The molecule has 4 heterocycles. The standard InChI is InChI=1S/C16H18N4O3/c21-9-23-11-1-2-13-12(7-11)15(19-18-13)16(22)17-14-8-20-5-3-10(14)4-6-20/h1-2,7,9-10,14H,3-6,8H2,(H,17,22)(H,18,19)/t14-/m0/s1. The molecule has 23 heavy (non-hydrogen) atoms. The number of piperidine rings is 3. The van der Waals surface area contributed by atoms with Gasteiger partial charge in [0.05, 0.1) is 5.52 Å². The third-order valence-electron chi connectivity index (χ3n) is 4.91. The fraction of sp³-hybridized carbons (Fsp3) is 0.438. The summed E-state index contributed by atoms with van der Waals surface area (Å²) >= 11 is 0. The van der Waals surface area contributed by atoms with Gasteiger partial charge >= 0.3 is 0 Å². The summed E-state index contributed by atoms with van der Waals surface area (Å²) < 4.78 is 4.85. The zero-order valence-electron chi connectivity index (χ0n) is 12.6. The zero-order chi connectivity index (χ0) is 15.8. The van der Waals surface area contributed by atoms with Crippen LogP contribution in [0.1, 0.15) is 23.3 Å². The van der Waals surface area contributed by atoms with Crippen LogP contribution >= 0.6 is 0 Å². The molecule has 3 saturated heterocycles. The fourth-order valence-electron chi connectivity index (χ4n) is 3.66. The summed E-state index contributed by atoms with van der Waals surface area (Å²) in [7, 11) is 0. The second kappa shape index (κ2) is 5.66. The first-order valence-corrected chi connectivity index (χ1v) is 7.86. The van der Waals surface area contributed by atoms with Gasteiger partial charge in [0.15, 0.2) is 5.69 Å². The number of rotatable bonds is 4. The molecule has 1 aromatic heterocycles. The van der Waals surface area contributed by atoms with Gasteiger partial charge in [-0.15, -0.1) is 0 Å². The molecule has 1 aromatic carbocycles. The largest absolute Gasteiger partial charge is 0.429 e. The highest BCUT2D eigenvalue weighted by molar-refractivity contribution is 6.05. The van der Waals surface area contributed by atoms with Crippen LogP contribution in [0.5, 0.6) is 5.75 Å². The van der Waals surface area contributed by atoms with Gasteiger partial charge in [0.2, 0.25) is 0 Å². The molecule has 1 amide bonds. The summed E-state index contributed by atoms with van der Waals surface area (Å²) in [5.74, 6) is 0.771. The van der Waals surface area contributed by atoms with E-state index in [1.54, 1.807) is 18.2 Å². The molecular formula is C16H18N4O3. The Morgan fingerprint density at radius 2 is 2.22 bits per heavy atom. The number of nitrogens with zero attached hydrogens (tertiary/aromatic N) is 2. The van der Waals surface area contributed by atoms with Crippen LogP contribution in [0, 0.1) is 5.92 Å². The second-order valence-electron chi connectivity index (χ2n) is 6.21. The minimum Gasteiger partial charge on any atom is -0.429 e. The Morgan fingerprint density at radius 3 is 2.91 bits per heavy atom. The van der Waals surface area contributed by atoms with Gasteiger partial charge in [-0.1, -0.05) is 0 Å². The summed E-state index contributed by atoms with van der Waals surface area (Å²) in [4.78, 5) is 25.5. The lowest BCUT2D eigenvalue weighted by Gasteiger charge is -2.44. The molecule has 0 spiro atoms. The van der Waals surface area contributed by atoms with E-state index in [4.69, 9.17) is 4.74 Å². The number of hydrogen-bond donors (Lipinski definition) is 2. The molecule has 0 saturated carbocycles. The van der Waals surface area contributed by atoms with E-state index in [-0.39, 0.29) is 11.9 Å². The van der Waals surface area contributed by atoms with Gasteiger partial charge in [-0.25, -0.2) is 0 Å². The average molecular weight is 314 g/mol. The van der Waals surface area contributed by atoms with Crippen molar-refractivity contribution in [2.45, 2.75) is 18.9 Å². The number of carbonyl (C=O) groups is 2. The number of aromatic amines is 1. The van der Waals surface area contributed by atoms with Crippen molar-refractivity contribution in [2.24, 2.45) is 5.92 Å². The van der Waals surface area contributed by atoms with E-state index in [2.05, 4.69) is 20.4 Å². The topological polar surface area (TPSA) is 87.3 Å². The van der Waals surface area contributed by atoms with Crippen LogP contribution < -0.4 is 10.1 Å². The Bertz CT molecular complexity index is 749. The molecule has 2 bridgehead atoms. The summed E-state index contributed by atoms with van der Waals surface area (Å²) in [5, 5.41) is 10.8. The number of amides is 1. The lowest BCUT2D eigenvalue weighted by molar-refractivity contribution is -0.120. The summed E-state index contributed by atoms with van der Waals surface area (Å²) in [6, 6.07) is 5.24. The van der Waals surface area contributed by atoms with Gasteiger partial charge in [-0.05, 0) is 50.0 Å². The van der Waals surface area contributed by atoms with Crippen molar-refractivity contribution in [1.29, 1.82) is 0 Å². The maximum absolute atomic E-state index is 12.6. The fourth-order valence-corrected chi connectivity index (χ4v) is 3.66. The molecule has 2 N–H and O–H groups in total. The van der Waals surface area contributed by atoms with Crippen molar-refractivity contribution in [2.75, 3.05) is 19.6 Å². The first-order chi connectivity index (χ1) is 11.2. The van der Waals surface area contributed by atoms with E-state index in [9.17, 15) is 9.59 Å². The molecule has 120 valence electrons. The Kier molecular flexibility index (Phi) is 3.49. The van der Waals surface area contributed by atoms with Gasteiger partial charge in [-0.2, -0.15) is 5.10 Å². The number of carbonyl (C=O) groups excluding carboxylic acids is 2. The van der Waals surface area contributed by atoms with Gasteiger partial charge in [0.25, 0.3) is 12.4 Å². The molecule has 3 aliphatic heterocycles. The van der Waals surface area contributed by atoms with E-state index in [0.29, 0.717) is 29.2 Å². The normalized spacial score (nSPS) is 26.2. The van der Waals surface area contributed by atoms with Gasteiger partial charge in [0, 0.05) is 18.0 Å². The average Bonchev–Trinajstić information content (AvgIpc) is 2.99. The van der Waals surface area contributed by atoms with E-state index in [0.717, 1.165) is 38.0 Å². The number of H-pyrrole nitrogens is 1. The number of hydrogen-bond acceptors (Lipinski definition) is 5. The molecule has 0 radical (unpaired) electrons. The highest BCUT2D eigenvalue weighted by atomic mass is 16.5. The van der Waals surface area contributed by atoms with Crippen LogP contribution in [0.2, 0.25) is 0 Å². The van der Waals surface area contributed by atoms with Gasteiger partial charge in [0.1, 0.15) is 5.75 Å². The molecule has 0 aliphatic carbocycles. The Balaban J connectivity index is 1.57. The van der Waals surface area contributed by atoms with Crippen molar-refractivity contribution >= 4 is 23.3 Å². The summed E-state index contributed by atoms with van der Waals surface area (Å²) in [6.07, 6.45) is 2.28. The van der Waals surface area contributed by atoms with Gasteiger partial charge < -0.3 is 15.0 Å². The zero-order valence-corrected chi connectivity index (χ0v) is 12.6. The van der Waals surface area contributed by atoms with Crippen molar-refractivity contribution in [3.63, 3.8) is 0 Å². The predicted octanol–water partition coefficient (Wildman–Crippen LogP) is 0.922.